The van der Waals surface area contributed by atoms with Gasteiger partial charge in [0.2, 0.25) is 0 Å². The first-order valence-corrected chi connectivity index (χ1v) is 7.65. The summed E-state index contributed by atoms with van der Waals surface area (Å²) in [4.78, 5) is 11.8. The van der Waals surface area contributed by atoms with Crippen LogP contribution in [0.25, 0.3) is 0 Å². The molecular weight excluding hydrogens is 409 g/mol. The van der Waals surface area contributed by atoms with Crippen LogP contribution in [0, 0.1) is 0 Å². The van der Waals surface area contributed by atoms with Crippen LogP contribution in [-0.2, 0) is 4.79 Å². The highest BCUT2D eigenvalue weighted by molar-refractivity contribution is 9.10. The lowest BCUT2D eigenvalue weighted by atomic mass is 10.3. The summed E-state index contributed by atoms with van der Waals surface area (Å²) in [6.45, 7) is -0.108. The Morgan fingerprint density at radius 2 is 1.95 bits per heavy atom. The maximum Gasteiger partial charge on any atom is 0.262 e. The Bertz CT molecular complexity index is 634. The number of carbonyl (C=O) groups excluding carboxylic acids is 1. The van der Waals surface area contributed by atoms with Gasteiger partial charge in [0.15, 0.2) is 6.61 Å². The number of rotatable bonds is 4. The van der Waals surface area contributed by atoms with E-state index in [1.54, 1.807) is 24.3 Å². The van der Waals surface area contributed by atoms with Crippen molar-refractivity contribution >= 4 is 55.1 Å². The number of halogens is 3. The highest BCUT2D eigenvalue weighted by Crippen LogP contribution is 2.27. The zero-order valence-electron chi connectivity index (χ0n) is 10.2. The van der Waals surface area contributed by atoms with Crippen molar-refractivity contribution < 1.29 is 9.53 Å². The fourth-order valence-corrected chi connectivity index (χ4v) is 2.60. The molecule has 1 N–H and O–H groups in total. The number of amides is 1. The Morgan fingerprint density at radius 3 is 2.65 bits per heavy atom. The first-order chi connectivity index (χ1) is 9.56. The summed E-state index contributed by atoms with van der Waals surface area (Å²) in [7, 11) is 0. The molecule has 0 spiro atoms. The summed E-state index contributed by atoms with van der Waals surface area (Å²) in [6, 6.07) is 12.6. The summed E-state index contributed by atoms with van der Waals surface area (Å²) in [6.07, 6.45) is 0. The van der Waals surface area contributed by atoms with Crippen molar-refractivity contribution in [2.45, 2.75) is 0 Å². The molecule has 2 aromatic carbocycles. The molecule has 0 fully saturated rings. The molecule has 104 valence electrons. The number of hydrogen-bond acceptors (Lipinski definition) is 2. The molecule has 0 aromatic heterocycles. The Labute approximate surface area is 138 Å². The lowest BCUT2D eigenvalue weighted by Crippen LogP contribution is -2.20. The first kappa shape index (κ1) is 15.4. The van der Waals surface area contributed by atoms with Gasteiger partial charge < -0.3 is 10.1 Å². The number of anilines is 1. The van der Waals surface area contributed by atoms with Gasteiger partial charge in [-0.1, -0.05) is 39.7 Å². The number of ether oxygens (including phenoxy) is 1. The third-order valence-corrected chi connectivity index (χ3v) is 3.88. The number of hydrogen-bond donors (Lipinski definition) is 1. The molecule has 0 aliphatic heterocycles. The van der Waals surface area contributed by atoms with Crippen molar-refractivity contribution in [3.8, 4) is 5.75 Å². The van der Waals surface area contributed by atoms with Crippen molar-refractivity contribution in [3.05, 3.63) is 56.4 Å². The van der Waals surface area contributed by atoms with Gasteiger partial charge in [-0.15, -0.1) is 0 Å². The van der Waals surface area contributed by atoms with Crippen molar-refractivity contribution in [2.75, 3.05) is 11.9 Å². The van der Waals surface area contributed by atoms with Gasteiger partial charge in [0, 0.05) is 8.95 Å². The summed E-state index contributed by atoms with van der Waals surface area (Å²) in [5.41, 5.74) is 0.697. The zero-order chi connectivity index (χ0) is 14.5. The van der Waals surface area contributed by atoms with Gasteiger partial charge in [-0.3, -0.25) is 4.79 Å². The Balaban J connectivity index is 1.94. The molecule has 0 saturated carbocycles. The fraction of sp³-hybridized carbons (Fsp3) is 0.0714. The number of nitrogens with one attached hydrogen (secondary N) is 1. The molecule has 0 bridgehead atoms. The molecule has 2 rings (SSSR count). The average Bonchev–Trinajstić information content (AvgIpc) is 2.40. The van der Waals surface area contributed by atoms with E-state index in [-0.39, 0.29) is 12.5 Å². The van der Waals surface area contributed by atoms with Gasteiger partial charge >= 0.3 is 0 Å². The molecule has 3 nitrogen and oxygen atoms in total. The van der Waals surface area contributed by atoms with Crippen LogP contribution in [0.1, 0.15) is 0 Å². The maximum atomic E-state index is 11.8. The van der Waals surface area contributed by atoms with Crippen LogP contribution in [0.5, 0.6) is 5.75 Å². The van der Waals surface area contributed by atoms with E-state index in [4.69, 9.17) is 16.3 Å². The van der Waals surface area contributed by atoms with Crippen LogP contribution in [-0.4, -0.2) is 12.5 Å². The van der Waals surface area contributed by atoms with E-state index in [9.17, 15) is 4.79 Å². The van der Waals surface area contributed by atoms with Crippen LogP contribution >= 0.6 is 43.5 Å². The predicted molar refractivity (Wildman–Crippen MR) is 87.4 cm³/mol. The Hall–Kier alpha value is -1.04. The fourth-order valence-electron chi connectivity index (χ4n) is 1.48. The highest BCUT2D eigenvalue weighted by Gasteiger charge is 2.08. The van der Waals surface area contributed by atoms with Gasteiger partial charge in [-0.25, -0.2) is 0 Å². The van der Waals surface area contributed by atoms with E-state index >= 15 is 0 Å². The van der Waals surface area contributed by atoms with Crippen LogP contribution in [0.4, 0.5) is 5.69 Å². The van der Waals surface area contributed by atoms with Gasteiger partial charge in [0.1, 0.15) is 5.75 Å². The smallest absolute Gasteiger partial charge is 0.262 e. The van der Waals surface area contributed by atoms with Gasteiger partial charge in [-0.05, 0) is 46.3 Å². The summed E-state index contributed by atoms with van der Waals surface area (Å²) in [5.74, 6) is 0.216. The van der Waals surface area contributed by atoms with Crippen LogP contribution in [0.3, 0.4) is 0 Å². The largest absolute Gasteiger partial charge is 0.482 e. The van der Waals surface area contributed by atoms with Crippen LogP contribution in [0.2, 0.25) is 5.02 Å². The first-order valence-electron chi connectivity index (χ1n) is 5.68. The van der Waals surface area contributed by atoms with Gasteiger partial charge in [0.05, 0.1) is 10.7 Å². The molecule has 1 amide bonds. The van der Waals surface area contributed by atoms with Crippen LogP contribution < -0.4 is 10.1 Å². The van der Waals surface area contributed by atoms with Crippen molar-refractivity contribution in [1.29, 1.82) is 0 Å². The lowest BCUT2D eigenvalue weighted by Gasteiger charge is -2.10. The lowest BCUT2D eigenvalue weighted by molar-refractivity contribution is -0.118. The standard InChI is InChI=1S/C14H10Br2ClNO2/c15-9-5-6-13(11(17)7-9)20-8-14(19)18-12-4-2-1-3-10(12)16/h1-7H,8H2,(H,18,19). The molecule has 0 saturated heterocycles. The van der Waals surface area contributed by atoms with E-state index in [1.165, 1.54) is 0 Å². The molecule has 0 atom stereocenters. The third kappa shape index (κ3) is 4.23. The second-order valence-electron chi connectivity index (χ2n) is 3.89. The minimum absolute atomic E-state index is 0.108. The number of para-hydroxylation sites is 1. The number of carbonyl (C=O) groups is 1. The average molecular weight is 420 g/mol. The molecule has 0 radical (unpaired) electrons. The van der Waals surface area contributed by atoms with E-state index in [2.05, 4.69) is 37.2 Å². The Kier molecular flexibility index (Phi) is 5.46. The topological polar surface area (TPSA) is 38.3 Å². The molecule has 20 heavy (non-hydrogen) atoms. The molecular formula is C14H10Br2ClNO2. The quantitative estimate of drug-likeness (QED) is 0.767. The van der Waals surface area contributed by atoms with Gasteiger partial charge in [-0.2, -0.15) is 0 Å². The molecule has 2 aromatic rings. The van der Waals surface area contributed by atoms with E-state index in [1.807, 2.05) is 18.2 Å². The normalized spacial score (nSPS) is 10.2. The Morgan fingerprint density at radius 1 is 1.20 bits per heavy atom. The molecule has 0 aliphatic carbocycles. The predicted octanol–water partition coefficient (Wildman–Crippen LogP) is 4.88. The second kappa shape index (κ2) is 7.11. The summed E-state index contributed by atoms with van der Waals surface area (Å²) >= 11 is 12.7. The second-order valence-corrected chi connectivity index (χ2v) is 6.07. The van der Waals surface area contributed by atoms with Crippen molar-refractivity contribution in [1.82, 2.24) is 0 Å². The summed E-state index contributed by atoms with van der Waals surface area (Å²) < 4.78 is 7.05. The minimum Gasteiger partial charge on any atom is -0.482 e. The molecule has 0 heterocycles. The number of benzene rings is 2. The SMILES string of the molecule is O=C(COc1ccc(Br)cc1Cl)Nc1ccccc1Br. The third-order valence-electron chi connectivity index (χ3n) is 2.40. The zero-order valence-corrected chi connectivity index (χ0v) is 14.1. The van der Waals surface area contributed by atoms with Crippen molar-refractivity contribution in [2.24, 2.45) is 0 Å². The molecule has 0 unspecified atom stereocenters. The monoisotopic (exact) mass is 417 g/mol. The molecule has 6 heteroatoms. The molecule has 0 aliphatic rings. The van der Waals surface area contributed by atoms with Crippen LogP contribution in [0.15, 0.2) is 51.4 Å². The maximum absolute atomic E-state index is 11.8. The van der Waals surface area contributed by atoms with E-state index < -0.39 is 0 Å². The minimum atomic E-state index is -0.254. The highest BCUT2D eigenvalue weighted by atomic mass is 79.9. The van der Waals surface area contributed by atoms with E-state index in [0.717, 1.165) is 8.95 Å². The van der Waals surface area contributed by atoms with E-state index in [0.29, 0.717) is 16.5 Å². The van der Waals surface area contributed by atoms with Crippen molar-refractivity contribution in [3.63, 3.8) is 0 Å². The summed E-state index contributed by atoms with van der Waals surface area (Å²) in [5, 5.41) is 3.20. The van der Waals surface area contributed by atoms with Gasteiger partial charge in [0.25, 0.3) is 5.91 Å².